The Morgan fingerprint density at radius 1 is 1.42 bits per heavy atom. The van der Waals surface area contributed by atoms with Gasteiger partial charge in [0.2, 0.25) is 0 Å². The van der Waals surface area contributed by atoms with Gasteiger partial charge in [-0.3, -0.25) is 4.98 Å². The summed E-state index contributed by atoms with van der Waals surface area (Å²) < 4.78 is 6.78. The van der Waals surface area contributed by atoms with E-state index >= 15 is 0 Å². The van der Waals surface area contributed by atoms with Crippen LogP contribution in [0.25, 0.3) is 0 Å². The molecule has 0 bridgehead atoms. The number of ether oxygens (including phenoxy) is 1. The lowest BCUT2D eigenvalue weighted by molar-refractivity contribution is 0.301. The zero-order valence-electron chi connectivity index (χ0n) is 10.4. The van der Waals surface area contributed by atoms with Gasteiger partial charge in [0.05, 0.1) is 5.02 Å². The summed E-state index contributed by atoms with van der Waals surface area (Å²) in [6.45, 7) is 2.31. The lowest BCUT2D eigenvalue weighted by Crippen LogP contribution is -2.08. The first kappa shape index (κ1) is 14.3. The summed E-state index contributed by atoms with van der Waals surface area (Å²) in [4.78, 5) is 3.94. The molecule has 0 aliphatic heterocycles. The van der Waals surface area contributed by atoms with Gasteiger partial charge < -0.3 is 10.5 Å². The quantitative estimate of drug-likeness (QED) is 0.911. The third kappa shape index (κ3) is 3.69. The fraction of sp³-hybridized carbons (Fsp3) is 0.214. The van der Waals surface area contributed by atoms with E-state index in [9.17, 15) is 0 Å². The van der Waals surface area contributed by atoms with Crippen LogP contribution in [0.1, 0.15) is 24.1 Å². The Bertz CT molecular complexity index is 575. The summed E-state index contributed by atoms with van der Waals surface area (Å²) >= 11 is 9.48. The van der Waals surface area contributed by atoms with Gasteiger partial charge in [-0.25, -0.2) is 0 Å². The topological polar surface area (TPSA) is 48.1 Å². The first-order chi connectivity index (χ1) is 9.08. The largest absolute Gasteiger partial charge is 0.488 e. The molecule has 1 aromatic heterocycles. The van der Waals surface area contributed by atoms with Crippen molar-refractivity contribution in [1.82, 2.24) is 4.98 Å². The van der Waals surface area contributed by atoms with E-state index in [0.717, 1.165) is 21.3 Å². The summed E-state index contributed by atoms with van der Waals surface area (Å²) in [7, 11) is 0. The minimum Gasteiger partial charge on any atom is -0.488 e. The Labute approximate surface area is 125 Å². The lowest BCUT2D eigenvalue weighted by Gasteiger charge is -2.15. The monoisotopic (exact) mass is 340 g/mol. The van der Waals surface area contributed by atoms with E-state index in [4.69, 9.17) is 22.1 Å². The van der Waals surface area contributed by atoms with Gasteiger partial charge >= 0.3 is 0 Å². The molecular weight excluding hydrogens is 328 g/mol. The number of halogens is 2. The molecule has 0 unspecified atom stereocenters. The second-order valence-corrected chi connectivity index (χ2v) is 5.55. The summed E-state index contributed by atoms with van der Waals surface area (Å²) in [5.74, 6) is 0.761. The smallest absolute Gasteiger partial charge is 0.125 e. The van der Waals surface area contributed by atoms with Crippen LogP contribution in [0.15, 0.2) is 41.1 Å². The molecule has 0 saturated heterocycles. The van der Waals surface area contributed by atoms with Crippen LogP contribution < -0.4 is 10.5 Å². The number of nitrogens with zero attached hydrogens (tertiary/aromatic N) is 1. The fourth-order valence-electron chi connectivity index (χ4n) is 1.69. The van der Waals surface area contributed by atoms with Crippen LogP contribution >= 0.6 is 27.5 Å². The number of pyridine rings is 1. The van der Waals surface area contributed by atoms with Crippen molar-refractivity contribution in [2.75, 3.05) is 0 Å². The molecule has 0 radical (unpaired) electrons. The maximum absolute atomic E-state index is 6.05. The highest BCUT2D eigenvalue weighted by molar-refractivity contribution is 9.10. The second-order valence-electron chi connectivity index (χ2n) is 4.23. The predicted octanol–water partition coefficient (Wildman–Crippen LogP) is 4.10. The van der Waals surface area contributed by atoms with Crippen LogP contribution in [0.3, 0.4) is 0 Å². The van der Waals surface area contributed by atoms with E-state index in [0.29, 0.717) is 11.6 Å². The average molecular weight is 342 g/mol. The molecule has 2 N–H and O–H groups in total. The zero-order chi connectivity index (χ0) is 13.8. The Balaban J connectivity index is 2.19. The van der Waals surface area contributed by atoms with Crippen molar-refractivity contribution >= 4 is 27.5 Å². The summed E-state index contributed by atoms with van der Waals surface area (Å²) in [6, 6.07) is 7.57. The molecule has 0 fully saturated rings. The van der Waals surface area contributed by atoms with Gasteiger partial charge in [0.15, 0.2) is 0 Å². The number of hydrogen-bond donors (Lipinski definition) is 1. The van der Waals surface area contributed by atoms with Crippen LogP contribution in [0.4, 0.5) is 0 Å². The number of hydrogen-bond acceptors (Lipinski definition) is 3. The molecule has 0 saturated carbocycles. The number of benzene rings is 1. The number of rotatable bonds is 4. The molecule has 5 heteroatoms. The molecule has 0 spiro atoms. The molecule has 0 aliphatic rings. The maximum Gasteiger partial charge on any atom is 0.125 e. The van der Waals surface area contributed by atoms with Crippen LogP contribution in [-0.2, 0) is 6.61 Å². The highest BCUT2D eigenvalue weighted by Gasteiger charge is 2.09. The molecule has 0 aliphatic carbocycles. The molecule has 100 valence electrons. The van der Waals surface area contributed by atoms with Gasteiger partial charge in [-0.2, -0.15) is 0 Å². The predicted molar refractivity (Wildman–Crippen MR) is 80.3 cm³/mol. The van der Waals surface area contributed by atoms with Crippen molar-refractivity contribution in [3.05, 3.63) is 57.3 Å². The first-order valence-electron chi connectivity index (χ1n) is 5.84. The molecule has 2 aromatic rings. The first-order valence-corrected chi connectivity index (χ1v) is 7.01. The normalized spacial score (nSPS) is 12.2. The van der Waals surface area contributed by atoms with Crippen molar-refractivity contribution < 1.29 is 4.74 Å². The van der Waals surface area contributed by atoms with E-state index in [1.807, 2.05) is 31.2 Å². The third-order valence-corrected chi connectivity index (χ3v) is 3.54. The molecule has 3 nitrogen and oxygen atoms in total. The fourth-order valence-corrected chi connectivity index (χ4v) is 2.20. The molecule has 1 aromatic carbocycles. The third-order valence-electron chi connectivity index (χ3n) is 2.71. The molecule has 1 atom stereocenters. The van der Waals surface area contributed by atoms with Crippen LogP contribution in [0, 0.1) is 0 Å². The highest BCUT2D eigenvalue weighted by atomic mass is 79.9. The average Bonchev–Trinajstić information content (AvgIpc) is 2.37. The molecule has 19 heavy (non-hydrogen) atoms. The van der Waals surface area contributed by atoms with E-state index < -0.39 is 0 Å². The Morgan fingerprint density at radius 3 is 2.89 bits per heavy atom. The van der Waals surface area contributed by atoms with Crippen LogP contribution in [0.5, 0.6) is 5.75 Å². The van der Waals surface area contributed by atoms with Crippen molar-refractivity contribution in [2.45, 2.75) is 19.6 Å². The van der Waals surface area contributed by atoms with Crippen molar-refractivity contribution in [3.8, 4) is 5.75 Å². The van der Waals surface area contributed by atoms with Gasteiger partial charge in [0.25, 0.3) is 0 Å². The highest BCUT2D eigenvalue weighted by Crippen LogP contribution is 2.28. The van der Waals surface area contributed by atoms with E-state index in [1.165, 1.54) is 0 Å². The Morgan fingerprint density at radius 2 is 2.21 bits per heavy atom. The summed E-state index contributed by atoms with van der Waals surface area (Å²) in [5, 5.41) is 0.597. The maximum atomic E-state index is 6.05. The second kappa shape index (κ2) is 6.37. The SMILES string of the molecule is C[C@H](N)c1ccc(Br)cc1OCc1ccncc1Cl. The van der Waals surface area contributed by atoms with Gasteiger partial charge in [-0.1, -0.05) is 33.6 Å². The van der Waals surface area contributed by atoms with Crippen LogP contribution in [0.2, 0.25) is 5.02 Å². The van der Waals surface area contributed by atoms with E-state index in [1.54, 1.807) is 12.4 Å². The molecular formula is C14H14BrClN2O. The summed E-state index contributed by atoms with van der Waals surface area (Å²) in [6.07, 6.45) is 3.30. The van der Waals surface area contributed by atoms with Crippen molar-refractivity contribution in [3.63, 3.8) is 0 Å². The molecule has 2 rings (SSSR count). The standard InChI is InChI=1S/C14H14BrClN2O/c1-9(17)12-3-2-11(15)6-14(12)19-8-10-4-5-18-7-13(10)16/h2-7,9H,8,17H2,1H3/t9-/m0/s1. The van der Waals surface area contributed by atoms with E-state index in [2.05, 4.69) is 20.9 Å². The van der Waals surface area contributed by atoms with E-state index in [-0.39, 0.29) is 6.04 Å². The minimum absolute atomic E-state index is 0.0870. The Kier molecular flexibility index (Phi) is 4.80. The lowest BCUT2D eigenvalue weighted by atomic mass is 10.1. The number of nitrogens with two attached hydrogens (primary N) is 1. The molecule has 1 heterocycles. The van der Waals surface area contributed by atoms with Gasteiger partial charge in [-0.05, 0) is 25.1 Å². The summed E-state index contributed by atoms with van der Waals surface area (Å²) in [5.41, 5.74) is 7.79. The zero-order valence-corrected chi connectivity index (χ0v) is 12.8. The minimum atomic E-state index is -0.0870. The van der Waals surface area contributed by atoms with Crippen molar-refractivity contribution in [2.24, 2.45) is 5.73 Å². The van der Waals surface area contributed by atoms with Crippen LogP contribution in [-0.4, -0.2) is 4.98 Å². The number of aromatic nitrogens is 1. The molecule has 0 amide bonds. The van der Waals surface area contributed by atoms with Gasteiger partial charge in [0.1, 0.15) is 12.4 Å². The van der Waals surface area contributed by atoms with Gasteiger partial charge in [-0.15, -0.1) is 0 Å². The Hall–Kier alpha value is -1.10. The van der Waals surface area contributed by atoms with Gasteiger partial charge in [0, 0.05) is 34.0 Å². The van der Waals surface area contributed by atoms with Crippen molar-refractivity contribution in [1.29, 1.82) is 0 Å².